The lowest BCUT2D eigenvalue weighted by Crippen LogP contribution is -2.71. The van der Waals surface area contributed by atoms with Crippen LogP contribution in [0.3, 0.4) is 0 Å². The molecule has 0 amide bonds. The lowest BCUT2D eigenvalue weighted by molar-refractivity contribution is -0.137. The SMILES string of the molecule is C=C(C)C(=O)OC[Si](O)(O[Si](C)(C)C)[Si](C)(C)O[Si](C)(C)C. The average Bonchev–Trinajstić information content (AvgIpc) is 2.19. The molecule has 0 spiro atoms. The van der Waals surface area contributed by atoms with Crippen LogP contribution in [0.4, 0.5) is 0 Å². The molecule has 22 heavy (non-hydrogen) atoms. The van der Waals surface area contributed by atoms with E-state index in [-0.39, 0.29) is 6.23 Å². The maximum atomic E-state index is 11.7. The van der Waals surface area contributed by atoms with Crippen molar-refractivity contribution in [3.63, 3.8) is 0 Å². The van der Waals surface area contributed by atoms with Crippen LogP contribution < -0.4 is 0 Å². The molecular weight excluding hydrogens is 348 g/mol. The van der Waals surface area contributed by atoms with Gasteiger partial charge in [-0.3, -0.25) is 0 Å². The fourth-order valence-electron chi connectivity index (χ4n) is 1.96. The fraction of sp³-hybridized carbons (Fsp3) is 0.769. The molecule has 1 unspecified atom stereocenters. The number of carbonyl (C=O) groups excluding carboxylic acids is 1. The Balaban J connectivity index is 5.41. The first-order chi connectivity index (χ1) is 9.49. The lowest BCUT2D eigenvalue weighted by Gasteiger charge is -2.43. The molecule has 0 bridgehead atoms. The third-order valence-electron chi connectivity index (χ3n) is 2.72. The Labute approximate surface area is 139 Å². The second-order valence-electron chi connectivity index (χ2n) is 8.08. The van der Waals surface area contributed by atoms with E-state index in [1.54, 1.807) is 6.92 Å². The van der Waals surface area contributed by atoms with Crippen LogP contribution in [0.25, 0.3) is 0 Å². The Kier molecular flexibility index (Phi) is 7.23. The summed E-state index contributed by atoms with van der Waals surface area (Å²) in [5.74, 6) is -0.497. The van der Waals surface area contributed by atoms with E-state index in [1.807, 2.05) is 32.7 Å². The van der Waals surface area contributed by atoms with Crippen LogP contribution in [-0.2, 0) is 17.8 Å². The molecule has 0 aliphatic carbocycles. The Morgan fingerprint density at radius 2 is 1.36 bits per heavy atom. The van der Waals surface area contributed by atoms with Gasteiger partial charge in [0, 0.05) is 5.57 Å². The van der Waals surface area contributed by atoms with Gasteiger partial charge in [0.05, 0.1) is 0 Å². The highest BCUT2D eigenvalue weighted by atomic mass is 29.3. The molecule has 0 saturated heterocycles. The van der Waals surface area contributed by atoms with E-state index in [9.17, 15) is 9.59 Å². The molecule has 0 fully saturated rings. The van der Waals surface area contributed by atoms with E-state index in [0.29, 0.717) is 5.57 Å². The number of ether oxygens (including phenoxy) is 1. The predicted octanol–water partition coefficient (Wildman–Crippen LogP) is 3.07. The molecular formula is C13H32O5Si4. The number of hydrogen-bond acceptors (Lipinski definition) is 5. The van der Waals surface area contributed by atoms with Gasteiger partial charge in [0.15, 0.2) is 16.6 Å². The van der Waals surface area contributed by atoms with Crippen molar-refractivity contribution in [2.24, 2.45) is 0 Å². The molecule has 0 heterocycles. The number of esters is 1. The van der Waals surface area contributed by atoms with Gasteiger partial charge in [-0.2, -0.15) is 0 Å². The largest absolute Gasteiger partial charge is 0.461 e. The highest BCUT2D eigenvalue weighted by Crippen LogP contribution is 2.27. The minimum absolute atomic E-state index is 0.0906. The Morgan fingerprint density at radius 1 is 0.955 bits per heavy atom. The van der Waals surface area contributed by atoms with Gasteiger partial charge in [-0.1, -0.05) is 6.58 Å². The third kappa shape index (κ3) is 7.48. The van der Waals surface area contributed by atoms with Gasteiger partial charge in [-0.05, 0) is 59.3 Å². The molecule has 0 radical (unpaired) electrons. The smallest absolute Gasteiger partial charge is 0.373 e. The van der Waals surface area contributed by atoms with Crippen LogP contribution in [0, 0.1) is 0 Å². The first-order valence-electron chi connectivity index (χ1n) is 7.44. The standard InChI is InChI=1S/C13H32O5Si4/c1-12(2)13(14)16-11-22(15,18-20(6,7)8)21(9,10)17-19(3,4)5/h15H,1,11H2,2-10H3. The van der Waals surface area contributed by atoms with Gasteiger partial charge in [0.25, 0.3) is 0 Å². The monoisotopic (exact) mass is 380 g/mol. The highest BCUT2D eigenvalue weighted by molar-refractivity contribution is 7.35. The summed E-state index contributed by atoms with van der Waals surface area (Å²) in [5.41, 5.74) is 0.315. The highest BCUT2D eigenvalue weighted by Gasteiger charge is 2.57. The maximum absolute atomic E-state index is 11.7. The van der Waals surface area contributed by atoms with Gasteiger partial charge < -0.3 is 17.8 Å². The number of rotatable bonds is 8. The van der Waals surface area contributed by atoms with E-state index >= 15 is 0 Å². The Morgan fingerprint density at radius 3 is 1.68 bits per heavy atom. The molecule has 0 aliphatic rings. The van der Waals surface area contributed by atoms with Crippen molar-refractivity contribution in [1.82, 2.24) is 0 Å². The summed E-state index contributed by atoms with van der Waals surface area (Å²) < 4.78 is 17.7. The molecule has 0 rings (SSSR count). The molecule has 5 nitrogen and oxygen atoms in total. The van der Waals surface area contributed by atoms with E-state index in [1.165, 1.54) is 0 Å². The molecule has 0 aromatic rings. The topological polar surface area (TPSA) is 65.0 Å². The summed E-state index contributed by atoms with van der Waals surface area (Å²) in [6.45, 7) is 21.4. The van der Waals surface area contributed by atoms with Gasteiger partial charge in [0.1, 0.15) is 6.23 Å². The Bertz CT molecular complexity index is 425. The molecule has 0 aliphatic heterocycles. The zero-order chi connectivity index (χ0) is 18.0. The van der Waals surface area contributed by atoms with E-state index in [0.717, 1.165) is 0 Å². The van der Waals surface area contributed by atoms with Gasteiger partial charge in [0.2, 0.25) is 7.83 Å². The molecule has 1 atom stereocenters. The van der Waals surface area contributed by atoms with Gasteiger partial charge in [-0.15, -0.1) is 0 Å². The second-order valence-corrected chi connectivity index (χ2v) is 29.0. The van der Waals surface area contributed by atoms with Crippen LogP contribution in [0.1, 0.15) is 6.92 Å². The zero-order valence-corrected chi connectivity index (χ0v) is 19.5. The van der Waals surface area contributed by atoms with Crippen LogP contribution in [0.15, 0.2) is 12.2 Å². The van der Waals surface area contributed by atoms with Crippen molar-refractivity contribution < 1.29 is 22.6 Å². The first kappa shape index (κ1) is 22.0. The molecule has 0 saturated carbocycles. The summed E-state index contributed by atoms with van der Waals surface area (Å²) in [6, 6.07) is 0. The molecule has 130 valence electrons. The molecule has 1 N–H and O–H groups in total. The number of hydrogen-bond donors (Lipinski definition) is 1. The Hall–Kier alpha value is -0.0425. The van der Waals surface area contributed by atoms with E-state index in [4.69, 9.17) is 13.0 Å². The first-order valence-corrected chi connectivity index (χ1v) is 20.2. The summed E-state index contributed by atoms with van der Waals surface area (Å²) in [5, 5.41) is 0. The average molecular weight is 381 g/mol. The van der Waals surface area contributed by atoms with Crippen LogP contribution in [-0.4, -0.2) is 49.5 Å². The quantitative estimate of drug-likeness (QED) is 0.398. The summed E-state index contributed by atoms with van der Waals surface area (Å²) in [7, 11) is -9.69. The van der Waals surface area contributed by atoms with Crippen molar-refractivity contribution in [3.8, 4) is 0 Å². The van der Waals surface area contributed by atoms with Crippen molar-refractivity contribution in [1.29, 1.82) is 0 Å². The van der Waals surface area contributed by atoms with Gasteiger partial charge in [-0.25, -0.2) is 4.79 Å². The molecule has 0 aromatic carbocycles. The van der Waals surface area contributed by atoms with Crippen LogP contribution in [0.5, 0.6) is 0 Å². The molecule has 0 aromatic heterocycles. The summed E-state index contributed by atoms with van der Waals surface area (Å²) in [6.07, 6.45) is -0.0906. The normalized spacial score (nSPS) is 16.1. The minimum Gasteiger partial charge on any atom is -0.461 e. The summed E-state index contributed by atoms with van der Waals surface area (Å²) >= 11 is 0. The van der Waals surface area contributed by atoms with Crippen molar-refractivity contribution in [2.45, 2.75) is 59.3 Å². The lowest BCUT2D eigenvalue weighted by atomic mass is 10.4. The molecule has 9 heteroatoms. The van der Waals surface area contributed by atoms with Gasteiger partial charge >= 0.3 is 14.0 Å². The third-order valence-corrected chi connectivity index (χ3v) is 21.3. The maximum Gasteiger partial charge on any atom is 0.373 e. The van der Waals surface area contributed by atoms with E-state index < -0.39 is 38.5 Å². The minimum atomic E-state index is -3.30. The zero-order valence-electron chi connectivity index (χ0n) is 15.5. The van der Waals surface area contributed by atoms with E-state index in [2.05, 4.69) is 26.2 Å². The van der Waals surface area contributed by atoms with Crippen LogP contribution >= 0.6 is 0 Å². The predicted molar refractivity (Wildman–Crippen MR) is 100 cm³/mol. The summed E-state index contributed by atoms with van der Waals surface area (Å²) in [4.78, 5) is 23.0. The van der Waals surface area contributed by atoms with Crippen molar-refractivity contribution in [3.05, 3.63) is 12.2 Å². The van der Waals surface area contributed by atoms with Crippen molar-refractivity contribution in [2.75, 3.05) is 6.23 Å². The van der Waals surface area contributed by atoms with Crippen molar-refractivity contribution >= 4 is 38.5 Å². The fourth-order valence-corrected chi connectivity index (χ4v) is 25.1. The second kappa shape index (κ2) is 7.24. The number of carbonyl (C=O) groups is 1. The van der Waals surface area contributed by atoms with Crippen LogP contribution in [0.2, 0.25) is 52.4 Å².